The predicted octanol–water partition coefficient (Wildman–Crippen LogP) is 3.26. The zero-order valence-corrected chi connectivity index (χ0v) is 14.2. The Hall–Kier alpha value is -2.27. The Morgan fingerprint density at radius 3 is 2.74 bits per heavy atom. The second-order valence-electron chi connectivity index (χ2n) is 5.56. The van der Waals surface area contributed by atoms with E-state index in [1.807, 2.05) is 50.1 Å². The van der Waals surface area contributed by atoms with Gasteiger partial charge in [0.05, 0.1) is 16.7 Å². The van der Waals surface area contributed by atoms with Crippen LogP contribution >= 0.6 is 11.6 Å². The number of benzene rings is 1. The number of halogens is 1. The van der Waals surface area contributed by atoms with Crippen molar-refractivity contribution >= 4 is 23.3 Å². The molecule has 0 saturated carbocycles. The van der Waals surface area contributed by atoms with E-state index in [0.717, 1.165) is 11.3 Å². The SMILES string of the molecule is CC(C)Oc1cccc(CN(C)c2ncc(C(N)=O)cc2Cl)c1. The van der Waals surface area contributed by atoms with Crippen molar-refractivity contribution in [1.82, 2.24) is 4.98 Å². The zero-order chi connectivity index (χ0) is 17.0. The summed E-state index contributed by atoms with van der Waals surface area (Å²) in [5.74, 6) is 0.869. The molecule has 0 aliphatic rings. The quantitative estimate of drug-likeness (QED) is 0.881. The second-order valence-corrected chi connectivity index (χ2v) is 5.97. The molecule has 6 heteroatoms. The number of aromatic nitrogens is 1. The molecule has 5 nitrogen and oxygen atoms in total. The maximum absolute atomic E-state index is 11.1. The van der Waals surface area contributed by atoms with Gasteiger partial charge in [0.1, 0.15) is 11.6 Å². The van der Waals surface area contributed by atoms with E-state index in [1.54, 1.807) is 0 Å². The first-order chi connectivity index (χ1) is 10.9. The van der Waals surface area contributed by atoms with Gasteiger partial charge in [-0.1, -0.05) is 23.7 Å². The van der Waals surface area contributed by atoms with Gasteiger partial charge in [-0.2, -0.15) is 0 Å². The van der Waals surface area contributed by atoms with Gasteiger partial charge >= 0.3 is 0 Å². The van der Waals surface area contributed by atoms with Gasteiger partial charge in [0.2, 0.25) is 5.91 Å². The molecule has 0 radical (unpaired) electrons. The van der Waals surface area contributed by atoms with E-state index in [9.17, 15) is 4.79 Å². The van der Waals surface area contributed by atoms with Gasteiger partial charge in [-0.3, -0.25) is 4.79 Å². The van der Waals surface area contributed by atoms with Crippen LogP contribution in [0.3, 0.4) is 0 Å². The minimum Gasteiger partial charge on any atom is -0.491 e. The molecule has 1 heterocycles. The van der Waals surface area contributed by atoms with Crippen molar-refractivity contribution in [2.24, 2.45) is 5.73 Å². The van der Waals surface area contributed by atoms with E-state index in [1.165, 1.54) is 12.3 Å². The Labute approximate surface area is 141 Å². The maximum Gasteiger partial charge on any atom is 0.250 e. The Kier molecular flexibility index (Phi) is 5.45. The number of nitrogens with two attached hydrogens (primary N) is 1. The number of amides is 1. The molecule has 0 aliphatic heterocycles. The standard InChI is InChI=1S/C17H20ClN3O2/c1-11(2)23-14-6-4-5-12(7-14)10-21(3)17-15(18)8-13(9-20-17)16(19)22/h4-9,11H,10H2,1-3H3,(H2,19,22). The maximum atomic E-state index is 11.1. The van der Waals surface area contributed by atoms with E-state index in [4.69, 9.17) is 22.1 Å². The van der Waals surface area contributed by atoms with Crippen molar-refractivity contribution in [3.05, 3.63) is 52.7 Å². The summed E-state index contributed by atoms with van der Waals surface area (Å²) < 4.78 is 5.70. The summed E-state index contributed by atoms with van der Waals surface area (Å²) in [6.45, 7) is 4.59. The van der Waals surface area contributed by atoms with Gasteiger partial charge in [0, 0.05) is 19.8 Å². The van der Waals surface area contributed by atoms with Crippen molar-refractivity contribution in [2.75, 3.05) is 11.9 Å². The minimum absolute atomic E-state index is 0.125. The third-order valence-corrected chi connectivity index (χ3v) is 3.44. The lowest BCUT2D eigenvalue weighted by Crippen LogP contribution is -2.19. The summed E-state index contributed by atoms with van der Waals surface area (Å²) in [6.07, 6.45) is 1.55. The van der Waals surface area contributed by atoms with E-state index < -0.39 is 5.91 Å². The zero-order valence-electron chi connectivity index (χ0n) is 13.4. The third-order valence-electron chi connectivity index (χ3n) is 3.16. The first-order valence-corrected chi connectivity index (χ1v) is 7.66. The fraction of sp³-hybridized carbons (Fsp3) is 0.294. The number of hydrogen-bond acceptors (Lipinski definition) is 4. The number of hydrogen-bond donors (Lipinski definition) is 1. The van der Waals surface area contributed by atoms with Gasteiger partial charge in [-0.25, -0.2) is 4.98 Å². The fourth-order valence-corrected chi connectivity index (χ4v) is 2.50. The molecule has 2 aromatic rings. The molecule has 0 unspecified atom stereocenters. The largest absolute Gasteiger partial charge is 0.491 e. The smallest absolute Gasteiger partial charge is 0.250 e. The van der Waals surface area contributed by atoms with Crippen LogP contribution in [0.5, 0.6) is 5.75 Å². The van der Waals surface area contributed by atoms with E-state index in [-0.39, 0.29) is 6.10 Å². The van der Waals surface area contributed by atoms with Crippen LogP contribution in [0.15, 0.2) is 36.5 Å². The van der Waals surface area contributed by atoms with Crippen LogP contribution in [0.1, 0.15) is 29.8 Å². The normalized spacial score (nSPS) is 10.7. The first kappa shape index (κ1) is 17.1. The van der Waals surface area contributed by atoms with Gasteiger partial charge in [0.25, 0.3) is 0 Å². The lowest BCUT2D eigenvalue weighted by atomic mass is 10.2. The number of ether oxygens (including phenoxy) is 1. The molecular formula is C17H20ClN3O2. The highest BCUT2D eigenvalue weighted by Crippen LogP contribution is 2.25. The highest BCUT2D eigenvalue weighted by molar-refractivity contribution is 6.33. The highest BCUT2D eigenvalue weighted by atomic mass is 35.5. The Balaban J connectivity index is 2.15. The number of pyridine rings is 1. The van der Waals surface area contributed by atoms with E-state index >= 15 is 0 Å². The molecule has 0 atom stereocenters. The van der Waals surface area contributed by atoms with Crippen molar-refractivity contribution in [1.29, 1.82) is 0 Å². The van der Waals surface area contributed by atoms with Crippen molar-refractivity contribution in [2.45, 2.75) is 26.5 Å². The van der Waals surface area contributed by atoms with Crippen LogP contribution in [-0.2, 0) is 6.54 Å². The van der Waals surface area contributed by atoms with Crippen LogP contribution in [0.25, 0.3) is 0 Å². The molecule has 0 bridgehead atoms. The molecule has 1 amide bonds. The van der Waals surface area contributed by atoms with Gasteiger partial charge in [0.15, 0.2) is 0 Å². The second kappa shape index (κ2) is 7.33. The number of rotatable bonds is 6. The van der Waals surface area contributed by atoms with Crippen LogP contribution in [0.4, 0.5) is 5.82 Å². The fourth-order valence-electron chi connectivity index (χ4n) is 2.18. The van der Waals surface area contributed by atoms with E-state index in [0.29, 0.717) is 22.9 Å². The van der Waals surface area contributed by atoms with Crippen LogP contribution in [0, 0.1) is 0 Å². The molecule has 1 aromatic heterocycles. The van der Waals surface area contributed by atoms with Gasteiger partial charge < -0.3 is 15.4 Å². The lowest BCUT2D eigenvalue weighted by Gasteiger charge is -2.20. The molecule has 0 aliphatic carbocycles. The molecule has 1 aromatic carbocycles. The number of anilines is 1. The predicted molar refractivity (Wildman–Crippen MR) is 92.1 cm³/mol. The number of nitrogens with zero attached hydrogens (tertiary/aromatic N) is 2. The third kappa shape index (κ3) is 4.60. The van der Waals surface area contributed by atoms with Crippen molar-refractivity contribution in [3.8, 4) is 5.75 Å². The van der Waals surface area contributed by atoms with Crippen LogP contribution < -0.4 is 15.4 Å². The molecule has 2 rings (SSSR count). The van der Waals surface area contributed by atoms with Gasteiger partial charge in [-0.05, 0) is 37.6 Å². The molecule has 122 valence electrons. The number of carbonyl (C=O) groups is 1. The molecule has 23 heavy (non-hydrogen) atoms. The molecular weight excluding hydrogens is 314 g/mol. The monoisotopic (exact) mass is 333 g/mol. The summed E-state index contributed by atoms with van der Waals surface area (Å²) >= 11 is 6.20. The molecule has 0 fully saturated rings. The molecule has 0 spiro atoms. The Morgan fingerprint density at radius 1 is 1.39 bits per heavy atom. The average Bonchev–Trinajstić information content (AvgIpc) is 2.46. The minimum atomic E-state index is -0.549. The van der Waals surface area contributed by atoms with Crippen molar-refractivity contribution in [3.63, 3.8) is 0 Å². The summed E-state index contributed by atoms with van der Waals surface area (Å²) in [5, 5.41) is 0.387. The summed E-state index contributed by atoms with van der Waals surface area (Å²) in [4.78, 5) is 17.3. The molecule has 2 N–H and O–H groups in total. The summed E-state index contributed by atoms with van der Waals surface area (Å²) in [6, 6.07) is 9.40. The summed E-state index contributed by atoms with van der Waals surface area (Å²) in [7, 11) is 1.88. The van der Waals surface area contributed by atoms with E-state index in [2.05, 4.69) is 4.98 Å². The molecule has 0 saturated heterocycles. The van der Waals surface area contributed by atoms with Crippen LogP contribution in [0.2, 0.25) is 5.02 Å². The number of primary amides is 1. The Morgan fingerprint density at radius 2 is 2.13 bits per heavy atom. The van der Waals surface area contributed by atoms with Crippen LogP contribution in [-0.4, -0.2) is 24.0 Å². The van der Waals surface area contributed by atoms with Gasteiger partial charge in [-0.15, -0.1) is 0 Å². The Bertz CT molecular complexity index is 704. The first-order valence-electron chi connectivity index (χ1n) is 7.29. The average molecular weight is 334 g/mol. The lowest BCUT2D eigenvalue weighted by molar-refractivity contribution is 0.1000. The highest BCUT2D eigenvalue weighted by Gasteiger charge is 2.12. The summed E-state index contributed by atoms with van der Waals surface area (Å²) in [5.41, 5.74) is 6.59. The van der Waals surface area contributed by atoms with Crippen molar-refractivity contribution < 1.29 is 9.53 Å². The number of carbonyl (C=O) groups excluding carboxylic acids is 1. The topological polar surface area (TPSA) is 68.4 Å².